The molecule has 10 heteroatoms. The van der Waals surface area contributed by atoms with E-state index in [1.54, 1.807) is 0 Å². The first kappa shape index (κ1) is 18.0. The molecule has 1 fully saturated rings. The van der Waals surface area contributed by atoms with Crippen LogP contribution in [-0.4, -0.2) is 40.8 Å². The fourth-order valence-corrected chi connectivity index (χ4v) is 1.69. The zero-order valence-electron chi connectivity index (χ0n) is 11.2. The molecule has 0 aromatic carbocycles. The molecule has 3 nitrogen and oxygen atoms in total. The van der Waals surface area contributed by atoms with Crippen LogP contribution < -0.4 is 0 Å². The predicted molar refractivity (Wildman–Crippen MR) is 54.9 cm³/mol. The fourth-order valence-electron chi connectivity index (χ4n) is 1.69. The van der Waals surface area contributed by atoms with Gasteiger partial charge in [-0.2, -0.15) is 30.7 Å². The second kappa shape index (κ2) is 4.47. The molecule has 21 heavy (non-hydrogen) atoms. The van der Waals surface area contributed by atoms with Crippen LogP contribution in [0.2, 0.25) is 0 Å². The van der Waals surface area contributed by atoms with Gasteiger partial charge in [-0.3, -0.25) is 4.79 Å². The van der Waals surface area contributed by atoms with Crippen LogP contribution in [-0.2, 0) is 9.53 Å². The highest BCUT2D eigenvalue weighted by Gasteiger charge is 2.97. The summed E-state index contributed by atoms with van der Waals surface area (Å²) in [4.78, 5) is 11.5. The second-order valence-electron chi connectivity index (χ2n) is 5.48. The number of esters is 1. The Labute approximate surface area is 115 Å². The van der Waals surface area contributed by atoms with Gasteiger partial charge in [-0.25, -0.2) is 0 Å². The number of halogens is 7. The maximum atomic E-state index is 13.4. The van der Waals surface area contributed by atoms with E-state index in [1.807, 2.05) is 0 Å². The molecule has 1 N–H and O–H groups in total. The molecule has 1 aliphatic carbocycles. The minimum Gasteiger partial charge on any atom is -0.449 e. The largest absolute Gasteiger partial charge is 0.449 e. The maximum Gasteiger partial charge on any atom is 0.429 e. The van der Waals surface area contributed by atoms with Gasteiger partial charge >= 0.3 is 24.0 Å². The van der Waals surface area contributed by atoms with Gasteiger partial charge < -0.3 is 9.84 Å². The molecule has 0 aromatic heterocycles. The van der Waals surface area contributed by atoms with Crippen molar-refractivity contribution in [3.05, 3.63) is 0 Å². The average molecular weight is 326 g/mol. The molecular formula is C11H13F7O3. The lowest BCUT2D eigenvalue weighted by atomic mass is 9.68. The van der Waals surface area contributed by atoms with Crippen molar-refractivity contribution in [1.82, 2.24) is 0 Å². The van der Waals surface area contributed by atoms with E-state index in [2.05, 4.69) is 4.74 Å². The summed E-state index contributed by atoms with van der Waals surface area (Å²) in [7, 11) is 0. The Kier molecular flexibility index (Phi) is 3.83. The van der Waals surface area contributed by atoms with Crippen LogP contribution in [0.3, 0.4) is 0 Å². The Morgan fingerprint density at radius 3 is 1.81 bits per heavy atom. The Bertz CT molecular complexity index is 426. The van der Waals surface area contributed by atoms with E-state index in [9.17, 15) is 35.5 Å². The highest BCUT2D eigenvalue weighted by Crippen LogP contribution is 2.64. The third-order valence-electron chi connectivity index (χ3n) is 3.69. The van der Waals surface area contributed by atoms with Crippen molar-refractivity contribution in [1.29, 1.82) is 0 Å². The van der Waals surface area contributed by atoms with Gasteiger partial charge in [-0.15, -0.1) is 0 Å². The lowest BCUT2D eigenvalue weighted by Crippen LogP contribution is -2.87. The number of ether oxygens (including phenoxy) is 1. The van der Waals surface area contributed by atoms with Gasteiger partial charge in [0.05, 0.1) is 5.41 Å². The van der Waals surface area contributed by atoms with Crippen molar-refractivity contribution in [2.75, 3.05) is 0 Å². The topological polar surface area (TPSA) is 46.5 Å². The molecule has 0 bridgehead atoms. The monoisotopic (exact) mass is 326 g/mol. The zero-order valence-corrected chi connectivity index (χ0v) is 11.2. The standard InChI is InChI=1S/C11H13F7O3/c1-4-7(2,3)6(19)21-5-8(12,13)10(20,9(5,14)15)11(16,17)18/h5,20H,4H2,1-3H3. The van der Waals surface area contributed by atoms with Gasteiger partial charge in [0.25, 0.3) is 5.60 Å². The van der Waals surface area contributed by atoms with Crippen molar-refractivity contribution in [2.45, 2.75) is 56.9 Å². The zero-order chi connectivity index (χ0) is 17.1. The van der Waals surface area contributed by atoms with Crippen molar-refractivity contribution in [2.24, 2.45) is 5.41 Å². The first-order valence-corrected chi connectivity index (χ1v) is 5.83. The Morgan fingerprint density at radius 2 is 1.52 bits per heavy atom. The number of carbonyl (C=O) groups excluding carboxylic acids is 1. The molecule has 0 spiro atoms. The van der Waals surface area contributed by atoms with Gasteiger partial charge in [0, 0.05) is 0 Å². The summed E-state index contributed by atoms with van der Waals surface area (Å²) >= 11 is 0. The molecule has 0 heterocycles. The lowest BCUT2D eigenvalue weighted by molar-refractivity contribution is -0.490. The van der Waals surface area contributed by atoms with E-state index < -0.39 is 41.1 Å². The van der Waals surface area contributed by atoms with Gasteiger partial charge in [0.15, 0.2) is 0 Å². The Balaban J connectivity index is 3.12. The predicted octanol–water partition coefficient (Wildman–Crippen LogP) is 2.91. The van der Waals surface area contributed by atoms with Gasteiger partial charge in [-0.1, -0.05) is 6.92 Å². The van der Waals surface area contributed by atoms with Crippen molar-refractivity contribution >= 4 is 5.97 Å². The third kappa shape index (κ3) is 2.09. The number of hydrogen-bond acceptors (Lipinski definition) is 3. The molecule has 0 aromatic rings. The summed E-state index contributed by atoms with van der Waals surface area (Å²) in [6.45, 7) is 3.82. The SMILES string of the molecule is CCC(C)(C)C(=O)OC1C(F)(F)C(O)(C(F)(F)F)C1(F)F. The van der Waals surface area contributed by atoms with E-state index in [0.29, 0.717) is 0 Å². The molecular weight excluding hydrogens is 313 g/mol. The smallest absolute Gasteiger partial charge is 0.429 e. The van der Waals surface area contributed by atoms with Crippen LogP contribution >= 0.6 is 0 Å². The lowest BCUT2D eigenvalue weighted by Gasteiger charge is -2.55. The molecule has 1 rings (SSSR count). The summed E-state index contributed by atoms with van der Waals surface area (Å²) in [5.41, 5.74) is -6.99. The number of rotatable bonds is 3. The quantitative estimate of drug-likeness (QED) is 0.641. The van der Waals surface area contributed by atoms with E-state index in [1.165, 1.54) is 20.8 Å². The molecule has 1 saturated carbocycles. The summed E-state index contributed by atoms with van der Waals surface area (Å²) < 4.78 is 94.3. The first-order valence-electron chi connectivity index (χ1n) is 5.83. The summed E-state index contributed by atoms with van der Waals surface area (Å²) in [5.74, 6) is -12.2. The summed E-state index contributed by atoms with van der Waals surface area (Å²) in [6.07, 6.45) is -9.93. The number of carbonyl (C=O) groups is 1. The van der Waals surface area contributed by atoms with E-state index in [-0.39, 0.29) is 6.42 Å². The van der Waals surface area contributed by atoms with Crippen LogP contribution in [0.15, 0.2) is 0 Å². The molecule has 0 aliphatic heterocycles. The summed E-state index contributed by atoms with van der Waals surface area (Å²) in [6, 6.07) is 0. The summed E-state index contributed by atoms with van der Waals surface area (Å²) in [5, 5.41) is 8.73. The van der Waals surface area contributed by atoms with Gasteiger partial charge in [-0.05, 0) is 20.3 Å². The van der Waals surface area contributed by atoms with Crippen LogP contribution in [0.5, 0.6) is 0 Å². The van der Waals surface area contributed by atoms with Crippen LogP contribution in [0.25, 0.3) is 0 Å². The van der Waals surface area contributed by atoms with E-state index >= 15 is 0 Å². The van der Waals surface area contributed by atoms with Crippen molar-refractivity contribution in [3.63, 3.8) is 0 Å². The molecule has 0 saturated heterocycles. The normalized spacial score (nSPS) is 31.5. The number of alkyl halides is 7. The van der Waals surface area contributed by atoms with E-state index in [0.717, 1.165) is 0 Å². The second-order valence-corrected chi connectivity index (χ2v) is 5.48. The first-order chi connectivity index (χ1) is 9.07. The van der Waals surface area contributed by atoms with Gasteiger partial charge in [0.1, 0.15) is 0 Å². The highest BCUT2D eigenvalue weighted by atomic mass is 19.4. The third-order valence-corrected chi connectivity index (χ3v) is 3.69. The van der Waals surface area contributed by atoms with Crippen LogP contribution in [0.4, 0.5) is 30.7 Å². The molecule has 0 radical (unpaired) electrons. The molecule has 0 unspecified atom stereocenters. The fraction of sp³-hybridized carbons (Fsp3) is 0.909. The Hall–Kier alpha value is -1.06. The minimum absolute atomic E-state index is 0.0270. The minimum atomic E-state index is -6.29. The van der Waals surface area contributed by atoms with Gasteiger partial charge in [0.2, 0.25) is 6.10 Å². The highest BCUT2D eigenvalue weighted by molar-refractivity contribution is 5.76. The molecule has 124 valence electrons. The van der Waals surface area contributed by atoms with Crippen LogP contribution in [0.1, 0.15) is 27.2 Å². The van der Waals surface area contributed by atoms with Crippen molar-refractivity contribution < 1.29 is 45.4 Å². The van der Waals surface area contributed by atoms with E-state index in [4.69, 9.17) is 5.11 Å². The molecule has 0 atom stereocenters. The Morgan fingerprint density at radius 1 is 1.14 bits per heavy atom. The molecule has 1 aliphatic rings. The number of aliphatic hydroxyl groups is 1. The van der Waals surface area contributed by atoms with Crippen molar-refractivity contribution in [3.8, 4) is 0 Å². The average Bonchev–Trinajstić information content (AvgIpc) is 2.31. The number of hydrogen-bond donors (Lipinski definition) is 1. The van der Waals surface area contributed by atoms with Crippen LogP contribution in [0, 0.1) is 5.41 Å². The molecule has 0 amide bonds. The maximum absolute atomic E-state index is 13.4.